The monoisotopic (exact) mass is 373 g/mol. The highest BCUT2D eigenvalue weighted by Crippen LogP contribution is 2.16. The molecule has 0 amide bonds. The van der Waals surface area contributed by atoms with Crippen LogP contribution < -0.4 is 15.4 Å². The molecule has 6 nitrogen and oxygen atoms in total. The lowest BCUT2D eigenvalue weighted by Gasteiger charge is -2.16. The zero-order valence-electron chi connectivity index (χ0n) is 16.7. The Kier molecular flexibility index (Phi) is 8.71. The largest absolute Gasteiger partial charge is 0.493 e. The van der Waals surface area contributed by atoms with Crippen molar-refractivity contribution in [2.45, 2.75) is 39.8 Å². The van der Waals surface area contributed by atoms with Crippen molar-refractivity contribution in [2.24, 2.45) is 4.99 Å². The number of aryl methyl sites for hydroxylation is 1. The Labute approximate surface area is 162 Å². The van der Waals surface area contributed by atoms with Crippen molar-refractivity contribution in [3.05, 3.63) is 53.5 Å². The number of nitrogens with one attached hydrogen (secondary N) is 2. The summed E-state index contributed by atoms with van der Waals surface area (Å²) in [5.41, 5.74) is 1.10. The summed E-state index contributed by atoms with van der Waals surface area (Å²) in [4.78, 5) is 4.68. The van der Waals surface area contributed by atoms with Crippen LogP contribution in [0, 0.1) is 6.92 Å². The summed E-state index contributed by atoms with van der Waals surface area (Å²) < 4.78 is 16.5. The van der Waals surface area contributed by atoms with E-state index >= 15 is 0 Å². The maximum absolute atomic E-state index is 5.76. The average Bonchev–Trinajstić information content (AvgIpc) is 3.10. The Balaban J connectivity index is 1.95. The molecule has 0 aliphatic carbocycles. The summed E-state index contributed by atoms with van der Waals surface area (Å²) in [6.45, 7) is 8.75. The smallest absolute Gasteiger partial charge is 0.192 e. The molecule has 0 fully saturated rings. The van der Waals surface area contributed by atoms with E-state index in [-0.39, 0.29) is 6.04 Å². The highest BCUT2D eigenvalue weighted by atomic mass is 16.5. The van der Waals surface area contributed by atoms with Crippen LogP contribution in [0.1, 0.15) is 43.4 Å². The van der Waals surface area contributed by atoms with E-state index < -0.39 is 0 Å². The zero-order valence-corrected chi connectivity index (χ0v) is 16.7. The number of rotatable bonds is 10. The number of hydrogen-bond acceptors (Lipinski definition) is 4. The Hall–Kier alpha value is -2.47. The molecule has 0 saturated heterocycles. The molecule has 1 aromatic carbocycles. The van der Waals surface area contributed by atoms with E-state index in [1.807, 2.05) is 50.2 Å². The van der Waals surface area contributed by atoms with Crippen LogP contribution in [0.5, 0.6) is 5.75 Å². The molecular weight excluding hydrogens is 342 g/mol. The number of benzene rings is 1. The van der Waals surface area contributed by atoms with Gasteiger partial charge in [-0.2, -0.15) is 0 Å². The van der Waals surface area contributed by atoms with Crippen molar-refractivity contribution in [1.29, 1.82) is 0 Å². The maximum atomic E-state index is 5.76. The number of guanidine groups is 1. The van der Waals surface area contributed by atoms with Gasteiger partial charge >= 0.3 is 0 Å². The third-order valence-corrected chi connectivity index (χ3v) is 3.97. The third-order valence-electron chi connectivity index (χ3n) is 3.97. The van der Waals surface area contributed by atoms with Gasteiger partial charge in [0.2, 0.25) is 0 Å². The van der Waals surface area contributed by atoms with Gasteiger partial charge in [-0.1, -0.05) is 12.1 Å². The number of nitrogens with zero attached hydrogens (tertiary/aromatic N) is 1. The van der Waals surface area contributed by atoms with Gasteiger partial charge in [0, 0.05) is 26.7 Å². The highest BCUT2D eigenvalue weighted by Gasteiger charge is 2.11. The first kappa shape index (κ1) is 20.8. The van der Waals surface area contributed by atoms with Gasteiger partial charge in [0.1, 0.15) is 17.3 Å². The van der Waals surface area contributed by atoms with Crippen molar-refractivity contribution < 1.29 is 13.9 Å². The minimum Gasteiger partial charge on any atom is -0.493 e. The van der Waals surface area contributed by atoms with Crippen LogP contribution in [0.4, 0.5) is 0 Å². The van der Waals surface area contributed by atoms with E-state index in [0.717, 1.165) is 41.8 Å². The van der Waals surface area contributed by atoms with Crippen molar-refractivity contribution in [2.75, 3.05) is 26.9 Å². The minimum atomic E-state index is 0.0342. The molecule has 2 N–H and O–H groups in total. The van der Waals surface area contributed by atoms with E-state index in [4.69, 9.17) is 13.9 Å². The molecule has 1 heterocycles. The molecule has 0 saturated carbocycles. The summed E-state index contributed by atoms with van der Waals surface area (Å²) in [6, 6.07) is 12.0. The number of ether oxygens (including phenoxy) is 2. The SMILES string of the molecule is CCNC(=NCc1cccc(OCCCOC)c1)NC(C)c1ccc(C)o1. The van der Waals surface area contributed by atoms with Crippen LogP contribution >= 0.6 is 0 Å². The average molecular weight is 373 g/mol. The lowest BCUT2D eigenvalue weighted by Crippen LogP contribution is -2.38. The summed E-state index contributed by atoms with van der Waals surface area (Å²) in [5, 5.41) is 6.66. The topological polar surface area (TPSA) is 68.0 Å². The fraction of sp³-hybridized carbons (Fsp3) is 0.476. The Morgan fingerprint density at radius 3 is 2.78 bits per heavy atom. The summed E-state index contributed by atoms with van der Waals surface area (Å²) in [6.07, 6.45) is 0.873. The van der Waals surface area contributed by atoms with Gasteiger partial charge in [0.05, 0.1) is 19.2 Å². The second kappa shape index (κ2) is 11.3. The molecule has 0 aliphatic heterocycles. The van der Waals surface area contributed by atoms with Gasteiger partial charge < -0.3 is 24.5 Å². The fourth-order valence-electron chi connectivity index (χ4n) is 2.58. The van der Waals surface area contributed by atoms with Crippen molar-refractivity contribution in [3.63, 3.8) is 0 Å². The van der Waals surface area contributed by atoms with Crippen LogP contribution in [0.25, 0.3) is 0 Å². The Morgan fingerprint density at radius 1 is 1.22 bits per heavy atom. The van der Waals surface area contributed by atoms with Gasteiger partial charge in [0.15, 0.2) is 5.96 Å². The minimum absolute atomic E-state index is 0.0342. The second-order valence-electron chi connectivity index (χ2n) is 6.35. The zero-order chi connectivity index (χ0) is 19.5. The predicted octanol–water partition coefficient (Wildman–Crippen LogP) is 3.82. The van der Waals surface area contributed by atoms with Crippen LogP contribution in [0.15, 0.2) is 45.8 Å². The predicted molar refractivity (Wildman–Crippen MR) is 108 cm³/mol. The van der Waals surface area contributed by atoms with Crippen molar-refractivity contribution >= 4 is 5.96 Å². The molecule has 2 aromatic rings. The van der Waals surface area contributed by atoms with Gasteiger partial charge in [-0.15, -0.1) is 0 Å². The first-order chi connectivity index (χ1) is 13.1. The highest BCUT2D eigenvalue weighted by molar-refractivity contribution is 5.80. The second-order valence-corrected chi connectivity index (χ2v) is 6.35. The first-order valence-electron chi connectivity index (χ1n) is 9.44. The Bertz CT molecular complexity index is 712. The molecule has 0 aliphatic rings. The normalized spacial score (nSPS) is 12.7. The summed E-state index contributed by atoms with van der Waals surface area (Å²) in [7, 11) is 1.70. The molecule has 1 atom stereocenters. The van der Waals surface area contributed by atoms with E-state index in [1.165, 1.54) is 0 Å². The molecule has 0 radical (unpaired) electrons. The molecule has 2 rings (SSSR count). The van der Waals surface area contributed by atoms with Gasteiger partial charge in [0.25, 0.3) is 0 Å². The lowest BCUT2D eigenvalue weighted by molar-refractivity contribution is 0.172. The van der Waals surface area contributed by atoms with Gasteiger partial charge in [-0.3, -0.25) is 0 Å². The fourth-order valence-corrected chi connectivity index (χ4v) is 2.58. The number of furan rings is 1. The molecule has 0 spiro atoms. The Morgan fingerprint density at radius 2 is 2.07 bits per heavy atom. The number of aliphatic imine (C=N–C) groups is 1. The van der Waals surface area contributed by atoms with Crippen LogP contribution in [-0.4, -0.2) is 32.8 Å². The van der Waals surface area contributed by atoms with E-state index in [2.05, 4.69) is 22.5 Å². The van der Waals surface area contributed by atoms with E-state index in [1.54, 1.807) is 7.11 Å². The molecule has 148 valence electrons. The van der Waals surface area contributed by atoms with Crippen LogP contribution in [0.3, 0.4) is 0 Å². The lowest BCUT2D eigenvalue weighted by atomic mass is 10.2. The van der Waals surface area contributed by atoms with Crippen LogP contribution in [0.2, 0.25) is 0 Å². The van der Waals surface area contributed by atoms with E-state index in [9.17, 15) is 0 Å². The quantitative estimate of drug-likeness (QED) is 0.376. The third kappa shape index (κ3) is 7.35. The molecule has 27 heavy (non-hydrogen) atoms. The summed E-state index contributed by atoms with van der Waals surface area (Å²) in [5.74, 6) is 3.41. The van der Waals surface area contributed by atoms with Crippen molar-refractivity contribution in [1.82, 2.24) is 10.6 Å². The molecule has 0 bridgehead atoms. The van der Waals surface area contributed by atoms with E-state index in [0.29, 0.717) is 19.8 Å². The number of methoxy groups -OCH3 is 1. The maximum Gasteiger partial charge on any atom is 0.192 e. The number of hydrogen-bond donors (Lipinski definition) is 2. The molecule has 1 aromatic heterocycles. The van der Waals surface area contributed by atoms with Gasteiger partial charge in [-0.25, -0.2) is 4.99 Å². The van der Waals surface area contributed by atoms with Crippen LogP contribution in [-0.2, 0) is 11.3 Å². The van der Waals surface area contributed by atoms with Crippen molar-refractivity contribution in [3.8, 4) is 5.75 Å². The molecule has 1 unspecified atom stereocenters. The van der Waals surface area contributed by atoms with Gasteiger partial charge in [-0.05, 0) is 50.6 Å². The summed E-state index contributed by atoms with van der Waals surface area (Å²) >= 11 is 0. The molecular formula is C21H31N3O3. The standard InChI is InChI=1S/C21H31N3O3/c1-5-22-21(24-17(3)20-11-10-16(2)27-20)23-15-18-8-6-9-19(14-18)26-13-7-12-25-4/h6,8-11,14,17H,5,7,12-13,15H2,1-4H3,(H2,22,23,24). The first-order valence-corrected chi connectivity index (χ1v) is 9.44. The molecule has 6 heteroatoms.